The van der Waals surface area contributed by atoms with Gasteiger partial charge < -0.3 is 5.32 Å². The van der Waals surface area contributed by atoms with Gasteiger partial charge in [-0.1, -0.05) is 48.5 Å². The predicted molar refractivity (Wildman–Crippen MR) is 115 cm³/mol. The number of sulfonamides is 1. The van der Waals surface area contributed by atoms with E-state index in [-0.39, 0.29) is 18.9 Å². The Morgan fingerprint density at radius 1 is 0.964 bits per heavy atom. The molecule has 28 heavy (non-hydrogen) atoms. The number of amides is 1. The molecule has 3 rings (SSSR count). The zero-order chi connectivity index (χ0) is 20.1. The summed E-state index contributed by atoms with van der Waals surface area (Å²) in [5.74, 6) is -0.131. The molecule has 0 spiro atoms. The third-order valence-electron chi connectivity index (χ3n) is 4.58. The number of para-hydroxylation sites is 1. The Balaban J connectivity index is 1.62. The van der Waals surface area contributed by atoms with Gasteiger partial charge in [0, 0.05) is 18.7 Å². The summed E-state index contributed by atoms with van der Waals surface area (Å²) in [5.41, 5.74) is 2.27. The number of carbonyl (C=O) groups is 1. The van der Waals surface area contributed by atoms with Crippen LogP contribution in [0.3, 0.4) is 0 Å². The molecule has 5 nitrogen and oxygen atoms in total. The molecule has 6 heteroatoms. The van der Waals surface area contributed by atoms with E-state index in [1.54, 1.807) is 6.07 Å². The first-order valence-corrected chi connectivity index (χ1v) is 11.0. The van der Waals surface area contributed by atoms with Crippen molar-refractivity contribution >= 4 is 38.1 Å². The number of rotatable bonds is 7. The molecule has 0 aromatic heterocycles. The van der Waals surface area contributed by atoms with E-state index in [2.05, 4.69) is 5.32 Å². The molecular formula is C22H24N2O3S. The van der Waals surface area contributed by atoms with Crippen LogP contribution in [0.2, 0.25) is 0 Å². The standard InChI is InChI=1S/C22H24N2O3S/c1-17-8-3-6-11-21(17)24(28(2,26)27)15-7-12-22(25)23-20-14-13-18-9-4-5-10-19(18)16-20/h3-6,8-11,13-14,16H,7,12,15H2,1-2H3,(H,23,25). The highest BCUT2D eigenvalue weighted by molar-refractivity contribution is 7.92. The van der Waals surface area contributed by atoms with E-state index in [0.29, 0.717) is 12.1 Å². The molecule has 0 saturated heterocycles. The summed E-state index contributed by atoms with van der Waals surface area (Å²) in [6.45, 7) is 2.13. The number of anilines is 2. The van der Waals surface area contributed by atoms with Crippen molar-refractivity contribution in [1.82, 2.24) is 0 Å². The second-order valence-corrected chi connectivity index (χ2v) is 8.74. The Morgan fingerprint density at radius 2 is 1.64 bits per heavy atom. The van der Waals surface area contributed by atoms with Crippen LogP contribution >= 0.6 is 0 Å². The zero-order valence-electron chi connectivity index (χ0n) is 16.1. The molecule has 0 saturated carbocycles. The minimum atomic E-state index is -3.42. The lowest BCUT2D eigenvalue weighted by Gasteiger charge is -2.24. The SMILES string of the molecule is Cc1ccccc1N(CCCC(=O)Nc1ccc2ccccc2c1)S(C)(=O)=O. The van der Waals surface area contributed by atoms with Gasteiger partial charge in [-0.2, -0.15) is 0 Å². The first-order chi connectivity index (χ1) is 13.3. The highest BCUT2D eigenvalue weighted by atomic mass is 32.2. The number of benzene rings is 3. The van der Waals surface area contributed by atoms with Gasteiger partial charge >= 0.3 is 0 Å². The molecule has 0 unspecified atom stereocenters. The normalized spacial score (nSPS) is 11.4. The lowest BCUT2D eigenvalue weighted by atomic mass is 10.1. The first-order valence-electron chi connectivity index (χ1n) is 9.16. The topological polar surface area (TPSA) is 66.5 Å². The van der Waals surface area contributed by atoms with Gasteiger partial charge in [-0.15, -0.1) is 0 Å². The number of hydrogen-bond acceptors (Lipinski definition) is 3. The number of carbonyl (C=O) groups excluding carboxylic acids is 1. The maximum absolute atomic E-state index is 12.3. The fourth-order valence-electron chi connectivity index (χ4n) is 3.18. The molecule has 0 aliphatic carbocycles. The zero-order valence-corrected chi connectivity index (χ0v) is 16.9. The van der Waals surface area contributed by atoms with Gasteiger partial charge in [0.25, 0.3) is 0 Å². The van der Waals surface area contributed by atoms with Gasteiger partial charge in [0.15, 0.2) is 0 Å². The third-order valence-corrected chi connectivity index (χ3v) is 5.76. The highest BCUT2D eigenvalue weighted by Crippen LogP contribution is 2.23. The Labute approximate surface area is 166 Å². The van der Waals surface area contributed by atoms with Crippen molar-refractivity contribution < 1.29 is 13.2 Å². The van der Waals surface area contributed by atoms with Gasteiger partial charge in [0.1, 0.15) is 0 Å². The van der Waals surface area contributed by atoms with Crippen molar-refractivity contribution in [1.29, 1.82) is 0 Å². The van der Waals surface area contributed by atoms with E-state index in [0.717, 1.165) is 22.0 Å². The van der Waals surface area contributed by atoms with Gasteiger partial charge in [-0.3, -0.25) is 9.10 Å². The summed E-state index contributed by atoms with van der Waals surface area (Å²) in [7, 11) is -3.42. The quantitative estimate of drug-likeness (QED) is 0.646. The van der Waals surface area contributed by atoms with Crippen molar-refractivity contribution in [2.75, 3.05) is 22.4 Å². The van der Waals surface area contributed by atoms with Crippen LogP contribution in [0.4, 0.5) is 11.4 Å². The highest BCUT2D eigenvalue weighted by Gasteiger charge is 2.19. The molecule has 0 heterocycles. The van der Waals surface area contributed by atoms with Crippen LogP contribution in [-0.4, -0.2) is 27.1 Å². The molecule has 146 valence electrons. The third kappa shape index (κ3) is 4.89. The number of fused-ring (bicyclic) bond motifs is 1. The molecule has 1 amide bonds. The molecule has 3 aromatic carbocycles. The average Bonchev–Trinajstić information content (AvgIpc) is 2.65. The Kier molecular flexibility index (Phi) is 5.99. The molecule has 0 radical (unpaired) electrons. The summed E-state index contributed by atoms with van der Waals surface area (Å²) in [6.07, 6.45) is 1.86. The number of nitrogens with one attached hydrogen (secondary N) is 1. The summed E-state index contributed by atoms with van der Waals surface area (Å²) in [5, 5.41) is 5.06. The lowest BCUT2D eigenvalue weighted by molar-refractivity contribution is -0.116. The Hall–Kier alpha value is -2.86. The van der Waals surface area contributed by atoms with Crippen molar-refractivity contribution in [3.05, 3.63) is 72.3 Å². The van der Waals surface area contributed by atoms with Gasteiger partial charge in [0.2, 0.25) is 15.9 Å². The maximum atomic E-state index is 12.3. The number of hydrogen-bond donors (Lipinski definition) is 1. The van der Waals surface area contributed by atoms with Crippen molar-refractivity contribution in [2.24, 2.45) is 0 Å². The minimum absolute atomic E-state index is 0.131. The molecule has 0 aliphatic rings. The van der Waals surface area contributed by atoms with Crippen molar-refractivity contribution in [3.8, 4) is 0 Å². The predicted octanol–water partition coefficient (Wildman–Crippen LogP) is 4.33. The second-order valence-electron chi connectivity index (χ2n) is 6.84. The molecule has 0 bridgehead atoms. The smallest absolute Gasteiger partial charge is 0.232 e. The molecule has 0 fully saturated rings. The van der Waals surface area contributed by atoms with Crippen LogP contribution in [-0.2, 0) is 14.8 Å². The summed E-state index contributed by atoms with van der Waals surface area (Å²) in [4.78, 5) is 12.3. The van der Waals surface area contributed by atoms with E-state index < -0.39 is 10.0 Å². The lowest BCUT2D eigenvalue weighted by Crippen LogP contribution is -2.32. The molecule has 1 N–H and O–H groups in total. The minimum Gasteiger partial charge on any atom is -0.326 e. The van der Waals surface area contributed by atoms with Crippen LogP contribution in [0.5, 0.6) is 0 Å². The van der Waals surface area contributed by atoms with E-state index in [1.165, 1.54) is 10.6 Å². The Bertz CT molecular complexity index is 1090. The van der Waals surface area contributed by atoms with E-state index in [1.807, 2.05) is 67.6 Å². The maximum Gasteiger partial charge on any atom is 0.232 e. The van der Waals surface area contributed by atoms with Gasteiger partial charge in [-0.05, 0) is 47.9 Å². The molecule has 0 atom stereocenters. The number of nitrogens with zero attached hydrogens (tertiary/aromatic N) is 1. The van der Waals surface area contributed by atoms with Gasteiger partial charge in [0.05, 0.1) is 11.9 Å². The largest absolute Gasteiger partial charge is 0.326 e. The van der Waals surface area contributed by atoms with E-state index in [9.17, 15) is 13.2 Å². The fourth-order valence-corrected chi connectivity index (χ4v) is 4.20. The summed E-state index contributed by atoms with van der Waals surface area (Å²) >= 11 is 0. The van der Waals surface area contributed by atoms with Gasteiger partial charge in [-0.25, -0.2) is 8.42 Å². The average molecular weight is 397 g/mol. The number of aryl methyl sites for hydroxylation is 1. The van der Waals surface area contributed by atoms with E-state index in [4.69, 9.17) is 0 Å². The van der Waals surface area contributed by atoms with Crippen LogP contribution < -0.4 is 9.62 Å². The molecule has 0 aliphatic heterocycles. The van der Waals surface area contributed by atoms with Crippen LogP contribution in [0, 0.1) is 6.92 Å². The fraction of sp³-hybridized carbons (Fsp3) is 0.227. The van der Waals surface area contributed by atoms with Crippen LogP contribution in [0.25, 0.3) is 10.8 Å². The molecule has 3 aromatic rings. The van der Waals surface area contributed by atoms with Crippen molar-refractivity contribution in [3.63, 3.8) is 0 Å². The van der Waals surface area contributed by atoms with Crippen molar-refractivity contribution in [2.45, 2.75) is 19.8 Å². The molecular weight excluding hydrogens is 372 g/mol. The van der Waals surface area contributed by atoms with Crippen LogP contribution in [0.1, 0.15) is 18.4 Å². The summed E-state index contributed by atoms with van der Waals surface area (Å²) in [6, 6.07) is 21.1. The Morgan fingerprint density at radius 3 is 2.36 bits per heavy atom. The monoisotopic (exact) mass is 396 g/mol. The first kappa shape index (κ1) is 19.9. The second kappa shape index (κ2) is 8.44. The van der Waals surface area contributed by atoms with Crippen LogP contribution in [0.15, 0.2) is 66.7 Å². The van der Waals surface area contributed by atoms with E-state index >= 15 is 0 Å². The summed E-state index contributed by atoms with van der Waals surface area (Å²) < 4.78 is 25.8.